The first-order valence-electron chi connectivity index (χ1n) is 6.62. The molecule has 9 nitrogen and oxygen atoms in total. The molecule has 116 valence electrons. The van der Waals surface area contributed by atoms with Gasteiger partial charge < -0.3 is 21.1 Å². The molecule has 0 spiro atoms. The molecule has 0 saturated carbocycles. The Kier molecular flexibility index (Phi) is 3.59. The van der Waals surface area contributed by atoms with Gasteiger partial charge in [-0.1, -0.05) is 0 Å². The highest BCUT2D eigenvalue weighted by Crippen LogP contribution is 2.13. The van der Waals surface area contributed by atoms with E-state index in [1.54, 1.807) is 18.3 Å². The molecule has 9 heteroatoms. The Hall–Kier alpha value is -3.49. The van der Waals surface area contributed by atoms with Crippen molar-refractivity contribution in [1.82, 2.24) is 19.9 Å². The average molecular weight is 312 g/mol. The Labute approximate surface area is 129 Å². The van der Waals surface area contributed by atoms with E-state index in [4.69, 9.17) is 10.8 Å². The van der Waals surface area contributed by atoms with Gasteiger partial charge in [0.2, 0.25) is 5.95 Å². The topological polar surface area (TPSA) is 147 Å². The molecule has 23 heavy (non-hydrogen) atoms. The first kappa shape index (κ1) is 14.4. The number of carboxylic acids is 1. The summed E-state index contributed by atoms with van der Waals surface area (Å²) >= 11 is 0. The molecule has 0 bridgehead atoms. The van der Waals surface area contributed by atoms with Gasteiger partial charge in [-0.25, -0.2) is 9.78 Å². The molecule has 2 heterocycles. The first-order valence-corrected chi connectivity index (χ1v) is 6.62. The highest BCUT2D eigenvalue weighted by molar-refractivity contribution is 5.87. The number of nitrogen functional groups attached to an aromatic ring is 1. The van der Waals surface area contributed by atoms with Crippen molar-refractivity contribution in [2.45, 2.75) is 6.54 Å². The summed E-state index contributed by atoms with van der Waals surface area (Å²) in [6.45, 7) is 0.336. The molecular weight excluding hydrogens is 300 g/mol. The summed E-state index contributed by atoms with van der Waals surface area (Å²) in [5.74, 6) is -0.813. The number of rotatable bonds is 4. The van der Waals surface area contributed by atoms with Gasteiger partial charge in [0.1, 0.15) is 0 Å². The van der Waals surface area contributed by atoms with Gasteiger partial charge in [0.05, 0.1) is 17.8 Å². The molecular formula is C14H12N6O3. The van der Waals surface area contributed by atoms with Crippen molar-refractivity contribution in [1.29, 1.82) is 0 Å². The highest BCUT2D eigenvalue weighted by atomic mass is 16.4. The molecule has 3 rings (SSSR count). The van der Waals surface area contributed by atoms with E-state index in [1.807, 2.05) is 0 Å². The van der Waals surface area contributed by atoms with Crippen LogP contribution in [0.25, 0.3) is 11.5 Å². The molecule has 2 aliphatic rings. The van der Waals surface area contributed by atoms with E-state index in [0.717, 1.165) is 5.69 Å². The Morgan fingerprint density at radius 2 is 1.96 bits per heavy atom. The second kappa shape index (κ2) is 5.72. The van der Waals surface area contributed by atoms with Gasteiger partial charge >= 0.3 is 11.5 Å². The number of aromatic carboxylic acids is 1. The third-order valence-corrected chi connectivity index (χ3v) is 3.11. The molecule has 0 fully saturated rings. The lowest BCUT2D eigenvalue weighted by Crippen LogP contribution is -2.18. The highest BCUT2D eigenvalue weighted by Gasteiger charge is 2.13. The number of hydrogen-bond donors (Lipinski definition) is 4. The molecule has 0 aromatic heterocycles. The largest absolute Gasteiger partial charge is 0.478 e. The minimum Gasteiger partial charge on any atom is -0.478 e. The van der Waals surface area contributed by atoms with Gasteiger partial charge in [-0.15, -0.1) is 0 Å². The molecule has 0 atom stereocenters. The fraction of sp³-hybridized carbons (Fsp3) is 0.0714. The van der Waals surface area contributed by atoms with Crippen LogP contribution in [0, 0.1) is 0 Å². The number of hydrogen-bond acceptors (Lipinski definition) is 7. The van der Waals surface area contributed by atoms with Crippen molar-refractivity contribution in [2.75, 3.05) is 11.1 Å². The fourth-order valence-corrected chi connectivity index (χ4v) is 1.99. The van der Waals surface area contributed by atoms with Crippen LogP contribution in [0.3, 0.4) is 0 Å². The van der Waals surface area contributed by atoms with E-state index in [-0.39, 0.29) is 23.0 Å². The zero-order chi connectivity index (χ0) is 16.4. The Bertz CT molecular complexity index is 890. The van der Waals surface area contributed by atoms with Gasteiger partial charge in [-0.2, -0.15) is 9.97 Å². The fourth-order valence-electron chi connectivity index (χ4n) is 1.99. The van der Waals surface area contributed by atoms with Gasteiger partial charge in [-0.3, -0.25) is 4.79 Å². The summed E-state index contributed by atoms with van der Waals surface area (Å²) in [6.07, 6.45) is 1.60. The second-order valence-corrected chi connectivity index (χ2v) is 4.71. The van der Waals surface area contributed by atoms with Crippen LogP contribution >= 0.6 is 0 Å². The summed E-state index contributed by atoms with van der Waals surface area (Å²) < 4.78 is 0. The van der Waals surface area contributed by atoms with Crippen LogP contribution in [0.2, 0.25) is 0 Å². The molecule has 0 radical (unpaired) electrons. The second-order valence-electron chi connectivity index (χ2n) is 4.71. The molecule has 5 N–H and O–H groups in total. The van der Waals surface area contributed by atoms with Gasteiger partial charge in [-0.05, 0) is 24.3 Å². The third kappa shape index (κ3) is 3.07. The van der Waals surface area contributed by atoms with Crippen LogP contribution in [0.1, 0.15) is 16.1 Å². The van der Waals surface area contributed by atoms with E-state index in [0.29, 0.717) is 12.2 Å². The quantitative estimate of drug-likeness (QED) is 0.546. The summed E-state index contributed by atoms with van der Waals surface area (Å²) in [4.78, 5) is 37.0. The minimum atomic E-state index is -0.982. The number of nitrogens with zero attached hydrogens (tertiary/aromatic N) is 3. The van der Waals surface area contributed by atoms with Crippen molar-refractivity contribution >= 4 is 17.6 Å². The lowest BCUT2D eigenvalue weighted by atomic mass is 10.2. The Morgan fingerprint density at radius 3 is 2.65 bits per heavy atom. The normalized spacial score (nSPS) is 10.6. The monoisotopic (exact) mass is 312 g/mol. The number of benzene rings is 1. The van der Waals surface area contributed by atoms with Crippen molar-refractivity contribution in [3.05, 3.63) is 52.1 Å². The molecule has 1 aromatic carbocycles. The number of fused-ring (bicyclic) bond motifs is 1. The predicted molar refractivity (Wildman–Crippen MR) is 82.2 cm³/mol. The molecule has 0 unspecified atom stereocenters. The first-order chi connectivity index (χ1) is 11.0. The number of carboxylic acid groups (broad SMARTS) is 1. The van der Waals surface area contributed by atoms with Gasteiger partial charge in [0, 0.05) is 11.9 Å². The average Bonchev–Trinajstić information content (AvgIpc) is 2.53. The molecule has 1 aromatic rings. The summed E-state index contributed by atoms with van der Waals surface area (Å²) in [7, 11) is 0. The van der Waals surface area contributed by atoms with E-state index >= 15 is 0 Å². The molecule has 0 saturated heterocycles. The van der Waals surface area contributed by atoms with Crippen molar-refractivity contribution in [3.8, 4) is 11.5 Å². The number of carbonyl (C=O) groups is 1. The van der Waals surface area contributed by atoms with Crippen LogP contribution in [0.4, 0.5) is 11.6 Å². The summed E-state index contributed by atoms with van der Waals surface area (Å²) in [5, 5.41) is 11.9. The molecule has 0 aliphatic carbocycles. The van der Waals surface area contributed by atoms with E-state index < -0.39 is 11.5 Å². The molecule has 2 aliphatic heterocycles. The number of H-pyrrole nitrogens is 1. The van der Waals surface area contributed by atoms with Crippen LogP contribution in [0.5, 0.6) is 0 Å². The SMILES string of the molecule is Nc1nc2[nH]cc(CNc3ccc(C(=O)O)cc3)nc-2c(=O)n1. The number of aromatic nitrogens is 4. The van der Waals surface area contributed by atoms with E-state index in [9.17, 15) is 9.59 Å². The standard InChI is InChI=1S/C14H12N6O3/c15-14-19-11-10(12(21)20-14)18-9(6-17-11)5-16-8-3-1-7(2-4-8)13(22)23/h1-4,6,16H,5H2,(H,22,23)(H3,15,17,19,20,21). The molecule has 0 amide bonds. The number of nitrogens with one attached hydrogen (secondary N) is 2. The zero-order valence-corrected chi connectivity index (χ0v) is 11.8. The number of aromatic amines is 1. The number of nitrogens with two attached hydrogens (primary N) is 1. The lowest BCUT2D eigenvalue weighted by Gasteiger charge is -2.09. The van der Waals surface area contributed by atoms with Gasteiger partial charge in [0.25, 0.3) is 0 Å². The predicted octanol–water partition coefficient (Wildman–Crippen LogP) is 0.557. The third-order valence-electron chi connectivity index (χ3n) is 3.11. The summed E-state index contributed by atoms with van der Waals surface area (Å²) in [5.41, 5.74) is 6.48. The minimum absolute atomic E-state index is 0.107. The smallest absolute Gasteiger partial charge is 0.335 e. The maximum atomic E-state index is 11.7. The van der Waals surface area contributed by atoms with Crippen LogP contribution < -0.4 is 16.6 Å². The van der Waals surface area contributed by atoms with E-state index in [1.165, 1.54) is 12.1 Å². The lowest BCUT2D eigenvalue weighted by molar-refractivity contribution is 0.0697. The zero-order valence-electron chi connectivity index (χ0n) is 11.8. The Morgan fingerprint density at radius 1 is 1.22 bits per heavy atom. The van der Waals surface area contributed by atoms with Gasteiger partial charge in [0.15, 0.2) is 11.5 Å². The Balaban J connectivity index is 1.78. The van der Waals surface area contributed by atoms with Crippen LogP contribution in [-0.4, -0.2) is 31.0 Å². The van der Waals surface area contributed by atoms with Crippen molar-refractivity contribution < 1.29 is 9.90 Å². The van der Waals surface area contributed by atoms with Crippen LogP contribution in [-0.2, 0) is 6.54 Å². The number of anilines is 2. The van der Waals surface area contributed by atoms with Crippen molar-refractivity contribution in [2.24, 2.45) is 0 Å². The maximum absolute atomic E-state index is 11.7. The van der Waals surface area contributed by atoms with Crippen molar-refractivity contribution in [3.63, 3.8) is 0 Å². The summed E-state index contributed by atoms with van der Waals surface area (Å²) in [6, 6.07) is 6.29. The maximum Gasteiger partial charge on any atom is 0.335 e. The van der Waals surface area contributed by atoms with E-state index in [2.05, 4.69) is 25.3 Å². The van der Waals surface area contributed by atoms with Crippen LogP contribution in [0.15, 0.2) is 35.3 Å².